The van der Waals surface area contributed by atoms with Crippen LogP contribution >= 0.6 is 0 Å². The van der Waals surface area contributed by atoms with E-state index < -0.39 is 0 Å². The van der Waals surface area contributed by atoms with E-state index in [1.807, 2.05) is 0 Å². The molecule has 0 aromatic heterocycles. The predicted octanol–water partition coefficient (Wildman–Crippen LogP) is 2.80. The molecule has 3 nitrogen and oxygen atoms in total. The van der Waals surface area contributed by atoms with E-state index in [-0.39, 0.29) is 0 Å². The average Bonchev–Trinajstić information content (AvgIpc) is 2.29. The summed E-state index contributed by atoms with van der Waals surface area (Å²) in [5, 5.41) is 0. The molecule has 1 atom stereocenters. The molecule has 0 aliphatic heterocycles. The molecule has 0 radical (unpaired) electrons. The van der Waals surface area contributed by atoms with Gasteiger partial charge in [0.2, 0.25) is 0 Å². The van der Waals surface area contributed by atoms with Crippen LogP contribution in [-0.2, 0) is 9.47 Å². The molecule has 17 heavy (non-hydrogen) atoms. The van der Waals surface area contributed by atoms with Gasteiger partial charge < -0.3 is 14.4 Å². The minimum Gasteiger partial charge on any atom is -0.383 e. The summed E-state index contributed by atoms with van der Waals surface area (Å²) in [4.78, 5) is 2.41. The lowest BCUT2D eigenvalue weighted by Crippen LogP contribution is -2.30. The number of hydrogen-bond acceptors (Lipinski definition) is 3. The van der Waals surface area contributed by atoms with Crippen molar-refractivity contribution in [3.05, 3.63) is 0 Å². The molecule has 0 amide bonds. The van der Waals surface area contributed by atoms with Crippen molar-refractivity contribution >= 4 is 0 Å². The number of hydrogen-bond donors (Lipinski definition) is 0. The zero-order valence-corrected chi connectivity index (χ0v) is 12.4. The molecule has 0 spiro atoms. The Hall–Kier alpha value is -0.120. The molecular weight excluding hydrogens is 214 g/mol. The van der Waals surface area contributed by atoms with E-state index in [9.17, 15) is 0 Å². The van der Waals surface area contributed by atoms with E-state index in [0.717, 1.165) is 51.6 Å². The van der Waals surface area contributed by atoms with Crippen molar-refractivity contribution in [3.8, 4) is 0 Å². The van der Waals surface area contributed by atoms with Crippen LogP contribution in [0.3, 0.4) is 0 Å². The Bertz CT molecular complexity index is 162. The number of rotatable bonds is 11. The van der Waals surface area contributed by atoms with Crippen LogP contribution in [0.15, 0.2) is 0 Å². The molecule has 0 bridgehead atoms. The molecule has 1 unspecified atom stereocenters. The minimum atomic E-state index is 0.366. The molecule has 104 valence electrons. The lowest BCUT2D eigenvalue weighted by molar-refractivity contribution is 0.0439. The molecule has 3 heteroatoms. The molecule has 0 saturated heterocycles. The van der Waals surface area contributed by atoms with Crippen LogP contribution in [0, 0.1) is 5.92 Å². The van der Waals surface area contributed by atoms with Gasteiger partial charge in [-0.2, -0.15) is 0 Å². The monoisotopic (exact) mass is 245 g/mol. The largest absolute Gasteiger partial charge is 0.383 e. The fraction of sp³-hybridized carbons (Fsp3) is 1.00. The fourth-order valence-corrected chi connectivity index (χ4v) is 1.60. The smallest absolute Gasteiger partial charge is 0.0589 e. The fourth-order valence-electron chi connectivity index (χ4n) is 1.60. The molecule has 0 saturated carbocycles. The van der Waals surface area contributed by atoms with Crippen LogP contribution in [-0.4, -0.2) is 51.0 Å². The van der Waals surface area contributed by atoms with Gasteiger partial charge in [-0.3, -0.25) is 0 Å². The summed E-state index contributed by atoms with van der Waals surface area (Å²) < 4.78 is 10.9. The summed E-state index contributed by atoms with van der Waals surface area (Å²) in [7, 11) is 1.76. The van der Waals surface area contributed by atoms with E-state index in [0.29, 0.717) is 6.10 Å². The zero-order chi connectivity index (χ0) is 13.1. The summed E-state index contributed by atoms with van der Waals surface area (Å²) in [6.07, 6.45) is 2.63. The molecule has 0 aliphatic rings. The molecule has 0 rings (SSSR count). The Kier molecular flexibility index (Phi) is 10.9. The number of ether oxygens (including phenoxy) is 2. The van der Waals surface area contributed by atoms with Gasteiger partial charge in [-0.15, -0.1) is 0 Å². The quantitative estimate of drug-likeness (QED) is 0.559. The molecule has 0 aromatic rings. The minimum absolute atomic E-state index is 0.366. The van der Waals surface area contributed by atoms with Gasteiger partial charge in [-0.1, -0.05) is 20.8 Å². The van der Waals surface area contributed by atoms with E-state index in [1.54, 1.807) is 7.11 Å². The predicted molar refractivity (Wildman–Crippen MR) is 73.5 cm³/mol. The first-order valence-corrected chi connectivity index (χ1v) is 6.93. The van der Waals surface area contributed by atoms with E-state index >= 15 is 0 Å². The van der Waals surface area contributed by atoms with Crippen LogP contribution in [0.5, 0.6) is 0 Å². The third kappa shape index (κ3) is 10.7. The van der Waals surface area contributed by atoms with Crippen molar-refractivity contribution in [2.45, 2.75) is 46.6 Å². The van der Waals surface area contributed by atoms with Gasteiger partial charge in [0.1, 0.15) is 0 Å². The van der Waals surface area contributed by atoms with Crippen LogP contribution < -0.4 is 0 Å². The van der Waals surface area contributed by atoms with Gasteiger partial charge >= 0.3 is 0 Å². The van der Waals surface area contributed by atoms with Crippen molar-refractivity contribution in [2.75, 3.05) is 40.0 Å². The Morgan fingerprint density at radius 3 is 2.24 bits per heavy atom. The maximum Gasteiger partial charge on any atom is 0.0589 e. The number of methoxy groups -OCH3 is 1. The Balaban J connectivity index is 3.55. The van der Waals surface area contributed by atoms with Crippen LogP contribution in [0.4, 0.5) is 0 Å². The maximum absolute atomic E-state index is 5.79. The second-order valence-corrected chi connectivity index (χ2v) is 5.08. The first kappa shape index (κ1) is 16.9. The van der Waals surface area contributed by atoms with E-state index in [4.69, 9.17) is 9.47 Å². The van der Waals surface area contributed by atoms with Crippen molar-refractivity contribution in [2.24, 2.45) is 5.92 Å². The average molecular weight is 245 g/mol. The van der Waals surface area contributed by atoms with E-state index in [1.165, 1.54) is 0 Å². The lowest BCUT2D eigenvalue weighted by atomic mass is 10.1. The summed E-state index contributed by atoms with van der Waals surface area (Å²) >= 11 is 0. The second-order valence-electron chi connectivity index (χ2n) is 5.08. The summed E-state index contributed by atoms with van der Waals surface area (Å²) in [5.74, 6) is 0.732. The highest BCUT2D eigenvalue weighted by atomic mass is 16.5. The number of nitrogens with zero attached hydrogens (tertiary/aromatic N) is 1. The van der Waals surface area contributed by atoms with Crippen LogP contribution in [0.2, 0.25) is 0 Å². The normalized spacial score (nSPS) is 13.6. The third-order valence-electron chi connectivity index (χ3n) is 3.01. The SMILES string of the molecule is CCN(CCOC)CCC(C)OCCC(C)C. The molecule has 0 fully saturated rings. The molecule has 0 heterocycles. The van der Waals surface area contributed by atoms with Crippen LogP contribution in [0.25, 0.3) is 0 Å². The first-order chi connectivity index (χ1) is 8.10. The van der Waals surface area contributed by atoms with Crippen molar-refractivity contribution in [1.29, 1.82) is 0 Å². The van der Waals surface area contributed by atoms with Gasteiger partial charge in [-0.25, -0.2) is 0 Å². The van der Waals surface area contributed by atoms with Gasteiger partial charge in [0.25, 0.3) is 0 Å². The highest BCUT2D eigenvalue weighted by Crippen LogP contribution is 2.04. The second kappa shape index (κ2) is 11.0. The molecule has 0 aliphatic carbocycles. The van der Waals surface area contributed by atoms with Crippen molar-refractivity contribution in [3.63, 3.8) is 0 Å². The van der Waals surface area contributed by atoms with E-state index in [2.05, 4.69) is 32.6 Å². The Morgan fingerprint density at radius 1 is 1.00 bits per heavy atom. The highest BCUT2D eigenvalue weighted by molar-refractivity contribution is 4.59. The summed E-state index contributed by atoms with van der Waals surface area (Å²) in [5.41, 5.74) is 0. The molecular formula is C14H31NO2. The van der Waals surface area contributed by atoms with Crippen LogP contribution in [0.1, 0.15) is 40.5 Å². The summed E-state index contributed by atoms with van der Waals surface area (Å²) in [6, 6.07) is 0. The number of likely N-dealkylation sites (N-methyl/N-ethyl adjacent to an activating group) is 1. The lowest BCUT2D eigenvalue weighted by Gasteiger charge is -2.22. The Morgan fingerprint density at radius 2 is 1.71 bits per heavy atom. The van der Waals surface area contributed by atoms with Gasteiger partial charge in [-0.05, 0) is 32.2 Å². The maximum atomic E-state index is 5.79. The van der Waals surface area contributed by atoms with Gasteiger partial charge in [0.15, 0.2) is 0 Å². The molecule has 0 N–H and O–H groups in total. The standard InChI is InChI=1S/C14H31NO2/c1-6-15(10-12-16-5)9-7-14(4)17-11-8-13(2)3/h13-14H,6-12H2,1-5H3. The molecule has 0 aromatic carbocycles. The highest BCUT2D eigenvalue weighted by Gasteiger charge is 2.07. The zero-order valence-electron chi connectivity index (χ0n) is 12.4. The van der Waals surface area contributed by atoms with Gasteiger partial charge in [0.05, 0.1) is 12.7 Å². The third-order valence-corrected chi connectivity index (χ3v) is 3.01. The van der Waals surface area contributed by atoms with Crippen molar-refractivity contribution in [1.82, 2.24) is 4.90 Å². The summed E-state index contributed by atoms with van der Waals surface area (Å²) in [6.45, 7) is 13.7. The van der Waals surface area contributed by atoms with Crippen molar-refractivity contribution < 1.29 is 9.47 Å². The first-order valence-electron chi connectivity index (χ1n) is 6.93. The van der Waals surface area contributed by atoms with Gasteiger partial charge in [0, 0.05) is 26.8 Å². The topological polar surface area (TPSA) is 21.7 Å². The Labute approximate surface area is 107 Å².